The molecule has 1 amide bonds. The molecule has 2 N–H and O–H groups in total. The van der Waals surface area contributed by atoms with Crippen LogP contribution in [0.25, 0.3) is 0 Å². The first kappa shape index (κ1) is 20.7. The molecule has 148 valence electrons. The van der Waals surface area contributed by atoms with Crippen LogP contribution in [0.4, 0.5) is 5.69 Å². The molecule has 0 atom stereocenters. The zero-order chi connectivity index (χ0) is 21.0. The van der Waals surface area contributed by atoms with Gasteiger partial charge in [0.25, 0.3) is 5.91 Å². The number of hydrogen-bond acceptors (Lipinski definition) is 6. The smallest absolute Gasteiger partial charge is 0.320 e. The maximum absolute atomic E-state index is 12.3. The quantitative estimate of drug-likeness (QED) is 0.289. The number of aromatic hydroxyl groups is 1. The van der Waals surface area contributed by atoms with Gasteiger partial charge in [0.05, 0.1) is 17.7 Å². The van der Waals surface area contributed by atoms with Crippen molar-refractivity contribution in [1.82, 2.24) is 15.2 Å². The molecule has 3 rings (SSSR count). The Balaban J connectivity index is 1.77. The fourth-order valence-corrected chi connectivity index (χ4v) is 3.05. The number of amides is 1. The van der Waals surface area contributed by atoms with E-state index in [0.29, 0.717) is 10.0 Å². The highest BCUT2D eigenvalue weighted by atomic mass is 79.9. The third-order valence-corrected chi connectivity index (χ3v) is 4.79. The average Bonchev–Trinajstić information content (AvgIpc) is 3.10. The van der Waals surface area contributed by atoms with Gasteiger partial charge in [0.2, 0.25) is 5.69 Å². The van der Waals surface area contributed by atoms with Crippen LogP contribution in [0.5, 0.6) is 5.75 Å². The maximum Gasteiger partial charge on any atom is 0.320 e. The number of nitro groups is 1. The molecule has 1 aromatic heterocycles. The number of phenolic OH excluding ortho intramolecular Hbond substituents is 1. The van der Waals surface area contributed by atoms with Crippen molar-refractivity contribution in [1.29, 1.82) is 0 Å². The van der Waals surface area contributed by atoms with Crippen LogP contribution in [0.2, 0.25) is 0 Å². The number of hydrazone groups is 1. The molecule has 0 aliphatic rings. The summed E-state index contributed by atoms with van der Waals surface area (Å²) in [5.41, 5.74) is 2.62. The van der Waals surface area contributed by atoms with Gasteiger partial charge in [-0.2, -0.15) is 10.2 Å². The Hall–Kier alpha value is -3.05. The zero-order valence-electron chi connectivity index (χ0n) is 14.6. The fourth-order valence-electron chi connectivity index (χ4n) is 2.41. The SMILES string of the molecule is O=C(N/N=C/c1cc(Br)ccc1O)c1nn(Cc2ccc(Br)cc2)cc1[N+](=O)[O-]. The molecule has 2 aromatic carbocycles. The minimum absolute atomic E-state index is 0.0315. The van der Waals surface area contributed by atoms with Crippen molar-refractivity contribution in [3.05, 3.63) is 84.5 Å². The van der Waals surface area contributed by atoms with Crippen LogP contribution in [0.1, 0.15) is 21.6 Å². The molecule has 0 saturated carbocycles. The number of rotatable bonds is 6. The molecule has 0 radical (unpaired) electrons. The number of carbonyl (C=O) groups excluding carboxylic acids is 1. The second-order valence-electron chi connectivity index (χ2n) is 5.85. The number of nitrogens with one attached hydrogen (secondary N) is 1. The maximum atomic E-state index is 12.3. The van der Waals surface area contributed by atoms with Gasteiger partial charge in [-0.15, -0.1) is 0 Å². The van der Waals surface area contributed by atoms with E-state index in [-0.39, 0.29) is 18.0 Å². The van der Waals surface area contributed by atoms with E-state index >= 15 is 0 Å². The first-order valence-electron chi connectivity index (χ1n) is 8.11. The van der Waals surface area contributed by atoms with Crippen molar-refractivity contribution < 1.29 is 14.8 Å². The number of nitrogens with zero attached hydrogens (tertiary/aromatic N) is 4. The number of benzene rings is 2. The third kappa shape index (κ3) is 5.27. The Morgan fingerprint density at radius 1 is 1.24 bits per heavy atom. The molecular weight excluding hydrogens is 510 g/mol. The van der Waals surface area contributed by atoms with E-state index in [1.165, 1.54) is 23.2 Å². The van der Waals surface area contributed by atoms with Gasteiger partial charge in [0.15, 0.2) is 0 Å². The van der Waals surface area contributed by atoms with Crippen molar-refractivity contribution >= 4 is 49.7 Å². The molecule has 0 bridgehead atoms. The number of carbonyl (C=O) groups is 1. The van der Waals surface area contributed by atoms with E-state index in [2.05, 4.69) is 47.5 Å². The second-order valence-corrected chi connectivity index (χ2v) is 7.68. The molecule has 3 aromatic rings. The van der Waals surface area contributed by atoms with E-state index in [0.717, 1.165) is 10.0 Å². The lowest BCUT2D eigenvalue weighted by Gasteiger charge is -2.01. The molecule has 0 unspecified atom stereocenters. The van der Waals surface area contributed by atoms with Crippen LogP contribution in [0, 0.1) is 10.1 Å². The summed E-state index contributed by atoms with van der Waals surface area (Å²) in [5.74, 6) is -0.868. The highest BCUT2D eigenvalue weighted by Gasteiger charge is 2.25. The molecule has 0 aliphatic carbocycles. The summed E-state index contributed by atoms with van der Waals surface area (Å²) in [5, 5.41) is 28.8. The van der Waals surface area contributed by atoms with Crippen LogP contribution < -0.4 is 5.43 Å². The van der Waals surface area contributed by atoms with Crippen LogP contribution in [0.3, 0.4) is 0 Å². The van der Waals surface area contributed by atoms with Gasteiger partial charge in [-0.05, 0) is 35.9 Å². The summed E-state index contributed by atoms with van der Waals surface area (Å²) in [6.45, 7) is 0.260. The molecule has 9 nitrogen and oxygen atoms in total. The number of halogens is 2. The molecule has 0 aliphatic heterocycles. The largest absolute Gasteiger partial charge is 0.507 e. The molecular formula is C18H13Br2N5O4. The number of hydrogen-bond donors (Lipinski definition) is 2. The molecule has 0 saturated heterocycles. The van der Waals surface area contributed by atoms with Gasteiger partial charge in [-0.1, -0.05) is 44.0 Å². The van der Waals surface area contributed by atoms with E-state index in [4.69, 9.17) is 0 Å². The normalized spacial score (nSPS) is 11.0. The first-order valence-corrected chi connectivity index (χ1v) is 9.70. The van der Waals surface area contributed by atoms with E-state index in [1.54, 1.807) is 12.1 Å². The standard InChI is InChI=1S/C18H13Br2N5O4/c19-13-3-1-11(2-4-13)9-24-10-15(25(28)29)17(23-24)18(27)22-21-8-12-7-14(20)5-6-16(12)26/h1-8,10,26H,9H2,(H,22,27)/b21-8+. The Labute approximate surface area is 181 Å². The molecule has 0 fully saturated rings. The first-order chi connectivity index (χ1) is 13.8. The van der Waals surface area contributed by atoms with Gasteiger partial charge >= 0.3 is 5.69 Å². The van der Waals surface area contributed by atoms with Crippen molar-refractivity contribution in [2.45, 2.75) is 6.54 Å². The predicted molar refractivity (Wildman–Crippen MR) is 113 cm³/mol. The predicted octanol–water partition coefficient (Wildman–Crippen LogP) is 3.83. The van der Waals surface area contributed by atoms with Crippen LogP contribution in [0.15, 0.2) is 62.7 Å². The van der Waals surface area contributed by atoms with E-state index in [9.17, 15) is 20.0 Å². The molecule has 29 heavy (non-hydrogen) atoms. The van der Waals surface area contributed by atoms with Crippen molar-refractivity contribution in [2.24, 2.45) is 5.10 Å². The van der Waals surface area contributed by atoms with Gasteiger partial charge < -0.3 is 5.11 Å². The molecule has 11 heteroatoms. The van der Waals surface area contributed by atoms with Gasteiger partial charge in [0, 0.05) is 14.5 Å². The Bertz CT molecular complexity index is 1100. The van der Waals surface area contributed by atoms with Gasteiger partial charge in [-0.25, -0.2) is 5.43 Å². The Kier molecular flexibility index (Phi) is 6.39. The van der Waals surface area contributed by atoms with Crippen LogP contribution in [-0.4, -0.2) is 31.9 Å². The summed E-state index contributed by atoms with van der Waals surface area (Å²) in [4.78, 5) is 23.0. The van der Waals surface area contributed by atoms with E-state index < -0.39 is 16.5 Å². The topological polar surface area (TPSA) is 123 Å². The Morgan fingerprint density at radius 3 is 2.62 bits per heavy atom. The average molecular weight is 523 g/mol. The van der Waals surface area contributed by atoms with Crippen LogP contribution >= 0.6 is 31.9 Å². The highest BCUT2D eigenvalue weighted by molar-refractivity contribution is 9.10. The molecule has 1 heterocycles. The van der Waals surface area contributed by atoms with Gasteiger partial charge in [0.1, 0.15) is 11.9 Å². The summed E-state index contributed by atoms with van der Waals surface area (Å²) in [7, 11) is 0. The van der Waals surface area contributed by atoms with Crippen LogP contribution in [-0.2, 0) is 6.54 Å². The summed E-state index contributed by atoms with van der Waals surface area (Å²) < 4.78 is 2.94. The summed E-state index contributed by atoms with van der Waals surface area (Å²) >= 11 is 6.60. The van der Waals surface area contributed by atoms with Crippen molar-refractivity contribution in [2.75, 3.05) is 0 Å². The summed E-state index contributed by atoms with van der Waals surface area (Å²) in [6.07, 6.45) is 2.42. The minimum Gasteiger partial charge on any atom is -0.507 e. The second kappa shape index (κ2) is 8.97. The fraction of sp³-hybridized carbons (Fsp3) is 0.0556. The van der Waals surface area contributed by atoms with Crippen molar-refractivity contribution in [3.63, 3.8) is 0 Å². The zero-order valence-corrected chi connectivity index (χ0v) is 17.8. The number of phenols is 1. The van der Waals surface area contributed by atoms with E-state index in [1.807, 2.05) is 24.3 Å². The minimum atomic E-state index is -0.836. The van der Waals surface area contributed by atoms with Crippen molar-refractivity contribution in [3.8, 4) is 5.75 Å². The lowest BCUT2D eigenvalue weighted by Crippen LogP contribution is -2.19. The summed E-state index contributed by atoms with van der Waals surface area (Å²) in [6, 6.07) is 12.1. The highest BCUT2D eigenvalue weighted by Crippen LogP contribution is 2.20. The lowest BCUT2D eigenvalue weighted by molar-refractivity contribution is -0.385. The monoisotopic (exact) mass is 521 g/mol. The lowest BCUT2D eigenvalue weighted by atomic mass is 10.2. The Morgan fingerprint density at radius 2 is 1.93 bits per heavy atom. The van der Waals surface area contributed by atoms with Gasteiger partial charge in [-0.3, -0.25) is 19.6 Å². The molecule has 0 spiro atoms. The number of aromatic nitrogens is 2. The third-order valence-electron chi connectivity index (χ3n) is 3.77.